The number of ether oxygens (including phenoxy) is 2. The van der Waals surface area contributed by atoms with E-state index in [0.29, 0.717) is 0 Å². The van der Waals surface area contributed by atoms with Crippen molar-refractivity contribution in [1.29, 1.82) is 0 Å². The van der Waals surface area contributed by atoms with E-state index in [2.05, 4.69) is 419 Å². The maximum Gasteiger partial charge on any atom is 0.256 e. The lowest BCUT2D eigenvalue weighted by Gasteiger charge is -2.42. The normalized spacial score (nSPS) is 13.6. The van der Waals surface area contributed by atoms with Crippen molar-refractivity contribution in [2.75, 3.05) is 9.80 Å². The summed E-state index contributed by atoms with van der Waals surface area (Å²) < 4.78 is 21.0. The van der Waals surface area contributed by atoms with Gasteiger partial charge in [-0.05, 0) is 183 Å². The van der Waals surface area contributed by atoms with E-state index in [1.165, 1.54) is 77.0 Å². The highest BCUT2D eigenvalue weighted by Crippen LogP contribution is 2.65. The van der Waals surface area contributed by atoms with Crippen molar-refractivity contribution in [3.63, 3.8) is 0 Å². The van der Waals surface area contributed by atoms with Gasteiger partial charge in [0.1, 0.15) is 23.0 Å². The predicted octanol–water partition coefficient (Wildman–Crippen LogP) is 23.7. The number of aromatic nitrogens is 2. The minimum Gasteiger partial charge on any atom is -0.458 e. The van der Waals surface area contributed by atoms with Gasteiger partial charge in [0.15, 0.2) is 0 Å². The van der Waals surface area contributed by atoms with Crippen molar-refractivity contribution in [1.82, 2.24) is 9.13 Å². The predicted molar refractivity (Wildman–Crippen MR) is 485 cm³/mol. The Hall–Kier alpha value is -15.1. The fraction of sp³-hybridized carbons (Fsp3) is 0.00917. The van der Waals surface area contributed by atoms with Gasteiger partial charge in [0.25, 0.3) is 13.4 Å². The highest BCUT2D eigenvalue weighted by molar-refractivity contribution is 7.00. The molecule has 0 bridgehead atoms. The van der Waals surface area contributed by atoms with E-state index < -0.39 is 5.41 Å². The Morgan fingerprint density at radius 1 is 0.205 bits per heavy atom. The van der Waals surface area contributed by atoms with Gasteiger partial charge < -0.3 is 28.4 Å². The molecular formula is C109H66B2N4O2. The minimum atomic E-state index is -0.826. The minimum absolute atomic E-state index is 0.261. The zero-order valence-electron chi connectivity index (χ0n) is 63.4. The molecule has 2 aliphatic carbocycles. The molecule has 0 saturated heterocycles. The summed E-state index contributed by atoms with van der Waals surface area (Å²) in [5.41, 5.74) is 38.0. The van der Waals surface area contributed by atoms with E-state index in [4.69, 9.17) is 9.47 Å². The Kier molecular flexibility index (Phi) is 13.5. The third-order valence-electron chi connectivity index (χ3n) is 26.2. The van der Waals surface area contributed by atoms with Gasteiger partial charge in [-0.3, -0.25) is 0 Å². The molecule has 6 nitrogen and oxygen atoms in total. The van der Waals surface area contributed by atoms with Crippen LogP contribution in [0.1, 0.15) is 22.3 Å². The third kappa shape index (κ3) is 9.01. The van der Waals surface area contributed by atoms with Gasteiger partial charge in [-0.15, -0.1) is 0 Å². The van der Waals surface area contributed by atoms with Crippen LogP contribution in [0.4, 0.5) is 34.1 Å². The van der Waals surface area contributed by atoms with Crippen molar-refractivity contribution >= 4 is 124 Å². The Labute approximate surface area is 677 Å². The fourth-order valence-electron chi connectivity index (χ4n) is 21.5. The molecule has 18 aromatic carbocycles. The van der Waals surface area contributed by atoms with E-state index in [0.717, 1.165) is 157 Å². The molecule has 26 rings (SSSR count). The van der Waals surface area contributed by atoms with Crippen molar-refractivity contribution in [3.05, 3.63) is 423 Å². The Morgan fingerprint density at radius 2 is 0.538 bits per heavy atom. The first-order chi connectivity index (χ1) is 58.1. The molecule has 0 unspecified atom stereocenters. The summed E-state index contributed by atoms with van der Waals surface area (Å²) in [6, 6.07) is 149. The summed E-state index contributed by atoms with van der Waals surface area (Å²) >= 11 is 0. The van der Waals surface area contributed by atoms with E-state index in [1.54, 1.807) is 0 Å². The monoisotopic (exact) mass is 1480 g/mol. The van der Waals surface area contributed by atoms with Gasteiger partial charge in [0.05, 0.1) is 50.2 Å². The van der Waals surface area contributed by atoms with E-state index in [-0.39, 0.29) is 13.4 Å². The maximum absolute atomic E-state index is 8.07. The van der Waals surface area contributed by atoms with Gasteiger partial charge in [-0.25, -0.2) is 0 Å². The van der Waals surface area contributed by atoms with E-state index in [9.17, 15) is 0 Å². The summed E-state index contributed by atoms with van der Waals surface area (Å²) in [5, 5.41) is 4.79. The molecule has 8 heteroatoms. The van der Waals surface area contributed by atoms with Crippen LogP contribution in [0, 0.1) is 0 Å². The molecule has 1 spiro atoms. The zero-order valence-corrected chi connectivity index (χ0v) is 63.4. The molecule has 0 saturated carbocycles. The van der Waals surface area contributed by atoms with Crippen LogP contribution >= 0.6 is 0 Å². The molecule has 0 atom stereocenters. The molecule has 2 aromatic heterocycles. The second-order valence-electron chi connectivity index (χ2n) is 32.0. The van der Waals surface area contributed by atoms with E-state index >= 15 is 0 Å². The molecule has 20 aromatic rings. The van der Waals surface area contributed by atoms with Crippen LogP contribution in [-0.2, 0) is 5.41 Å². The highest BCUT2D eigenvalue weighted by atomic mass is 16.5. The average Bonchev–Trinajstić information content (AvgIpc) is 1.47. The first kappa shape index (κ1) is 64.4. The first-order valence-corrected chi connectivity index (χ1v) is 40.6. The van der Waals surface area contributed by atoms with Crippen molar-refractivity contribution in [2.45, 2.75) is 5.41 Å². The number of hydrogen-bond acceptors (Lipinski definition) is 4. The Balaban J connectivity index is 0.725. The topological polar surface area (TPSA) is 34.8 Å². The largest absolute Gasteiger partial charge is 0.458 e. The highest BCUT2D eigenvalue weighted by Gasteiger charge is 2.55. The first-order valence-electron chi connectivity index (χ1n) is 40.6. The maximum atomic E-state index is 8.07. The average molecular weight is 1490 g/mol. The van der Waals surface area contributed by atoms with Crippen LogP contribution in [0.25, 0.3) is 122 Å². The van der Waals surface area contributed by atoms with Crippen molar-refractivity contribution in [3.8, 4) is 101 Å². The molecule has 0 amide bonds. The lowest BCUT2D eigenvalue weighted by atomic mass is 9.33. The standard InChI is InChI=1S/C109H66B2N4O2/c1-5-29-67(30-6-1)71-53-55-99-89(57-71)110-91-63-83-77-39-13-21-45-85(77)109(87(83)65-103(91)116-105-61-73(112-95-49-25-17-41-79(95)80-42-18-26-50-96(80)112)59-101(107(105)110)114(99)93-47-23-15-37-75(93)69-33-9-3-10-34-69)86-46-22-14-40-78(86)84-64-92-104(66-88(84)109)117-106-62-74(113-97-51-27-19-43-81(97)82-44-20-28-52-98(82)113)60-102-108(106)111(92)90-58-72(68-31-7-2-8-32-68)54-56-100(90)115(102)94-48-24-16-38-76(94)70-35-11-4-12-36-70/h1-66H. The Morgan fingerprint density at radius 3 is 0.932 bits per heavy atom. The van der Waals surface area contributed by atoms with Crippen molar-refractivity contribution in [2.24, 2.45) is 0 Å². The number of nitrogens with zero attached hydrogens (tertiary/aromatic N) is 4. The van der Waals surface area contributed by atoms with Gasteiger partial charge in [-0.2, -0.15) is 0 Å². The van der Waals surface area contributed by atoms with Gasteiger partial charge in [0, 0.05) is 67.6 Å². The summed E-state index contributed by atoms with van der Waals surface area (Å²) in [7, 11) is 0. The van der Waals surface area contributed by atoms with Crippen LogP contribution in [0.3, 0.4) is 0 Å². The molecule has 6 aliphatic rings. The molecule has 6 heterocycles. The number of para-hydroxylation sites is 6. The van der Waals surface area contributed by atoms with Gasteiger partial charge in [-0.1, -0.05) is 315 Å². The Bertz CT molecular complexity index is 7120. The molecule has 0 fully saturated rings. The smallest absolute Gasteiger partial charge is 0.256 e. The molecule has 117 heavy (non-hydrogen) atoms. The second-order valence-corrected chi connectivity index (χ2v) is 32.0. The van der Waals surface area contributed by atoms with E-state index in [1.807, 2.05) is 0 Å². The molecule has 4 aliphatic heterocycles. The SMILES string of the molecule is c1ccc(-c2ccc3c(c2)B2c4cc5c(cc4Oc4cc(-n6c7ccccc7c7ccccc76)cc(c42)N3c2ccccc2-c2ccccc2)C2(c3ccccc3-5)c3ccccc3-c3cc4c(cc32)Oc2cc(-n3c5ccccc5c5ccccc53)cc3c2B4c2cc(-c4ccccc4)ccc2N3c2ccccc2-c2ccccc2)cc1. The molecule has 0 N–H and O–H groups in total. The lowest BCUT2D eigenvalue weighted by Crippen LogP contribution is -2.59. The third-order valence-corrected chi connectivity index (χ3v) is 26.2. The molecular weight excluding hydrogens is 1420 g/mol. The molecule has 0 radical (unpaired) electrons. The van der Waals surface area contributed by atoms with Gasteiger partial charge >= 0.3 is 0 Å². The van der Waals surface area contributed by atoms with Crippen LogP contribution in [0.2, 0.25) is 0 Å². The number of rotatable bonds is 8. The number of fused-ring (bicyclic) bond motifs is 24. The number of hydrogen-bond donors (Lipinski definition) is 0. The quantitative estimate of drug-likeness (QED) is 0.142. The van der Waals surface area contributed by atoms with Gasteiger partial charge in [0.2, 0.25) is 0 Å². The lowest BCUT2D eigenvalue weighted by molar-refractivity contribution is 0.485. The van der Waals surface area contributed by atoms with Crippen LogP contribution in [0.5, 0.6) is 23.0 Å². The summed E-state index contributed by atoms with van der Waals surface area (Å²) in [6.07, 6.45) is 0. The fourth-order valence-corrected chi connectivity index (χ4v) is 21.5. The van der Waals surface area contributed by atoms with Crippen molar-refractivity contribution < 1.29 is 9.47 Å². The number of anilines is 6. The van der Waals surface area contributed by atoms with Crippen LogP contribution < -0.4 is 52.1 Å². The molecule has 540 valence electrons. The van der Waals surface area contributed by atoms with Crippen LogP contribution in [-0.4, -0.2) is 22.6 Å². The zero-order chi connectivity index (χ0) is 76.3. The summed E-state index contributed by atoms with van der Waals surface area (Å²) in [5.74, 6) is 3.32. The summed E-state index contributed by atoms with van der Waals surface area (Å²) in [6.45, 7) is -0.522. The van der Waals surface area contributed by atoms with Crippen LogP contribution in [0.15, 0.2) is 400 Å². The summed E-state index contributed by atoms with van der Waals surface area (Å²) in [4.78, 5) is 5.08. The second kappa shape index (κ2) is 24.5. The number of benzene rings is 18.